The fourth-order valence-corrected chi connectivity index (χ4v) is 4.21. The van der Waals surface area contributed by atoms with Crippen LogP contribution in [-0.2, 0) is 23.8 Å². The van der Waals surface area contributed by atoms with Crippen LogP contribution in [0, 0.1) is 11.8 Å². The molecule has 0 spiro atoms. The molecule has 3 heterocycles. The number of halogens is 3. The predicted octanol–water partition coefficient (Wildman–Crippen LogP) is 7.02. The van der Waals surface area contributed by atoms with E-state index >= 15 is 0 Å². The van der Waals surface area contributed by atoms with Gasteiger partial charge in [0.15, 0.2) is 0 Å². The van der Waals surface area contributed by atoms with Crippen LogP contribution in [0.3, 0.4) is 0 Å². The lowest BCUT2D eigenvalue weighted by Gasteiger charge is -2.14. The molecule has 3 aromatic heterocycles. The van der Waals surface area contributed by atoms with Gasteiger partial charge in [0.2, 0.25) is 0 Å². The molecule has 0 aliphatic heterocycles. The lowest BCUT2D eigenvalue weighted by atomic mass is 9.90. The minimum absolute atomic E-state index is 0.0285. The number of benzene rings is 1. The number of pyridine rings is 1. The van der Waals surface area contributed by atoms with Crippen molar-refractivity contribution in [2.45, 2.75) is 45.7 Å². The lowest BCUT2D eigenvalue weighted by Crippen LogP contribution is -2.16. The van der Waals surface area contributed by atoms with Crippen molar-refractivity contribution in [1.29, 1.82) is 0 Å². The van der Waals surface area contributed by atoms with Gasteiger partial charge in [-0.15, -0.1) is 0 Å². The van der Waals surface area contributed by atoms with Crippen LogP contribution in [0.25, 0.3) is 16.8 Å². The third-order valence-corrected chi connectivity index (χ3v) is 6.13. The van der Waals surface area contributed by atoms with Crippen molar-refractivity contribution in [2.24, 2.45) is 11.8 Å². The van der Waals surface area contributed by atoms with Gasteiger partial charge in [0.05, 0.1) is 23.8 Å². The minimum atomic E-state index is -4.54. The van der Waals surface area contributed by atoms with Crippen LogP contribution in [0.15, 0.2) is 71.8 Å². The number of fused-ring (bicyclic) bond motifs is 1. The molecule has 2 unspecified atom stereocenters. The summed E-state index contributed by atoms with van der Waals surface area (Å²) in [5.41, 5.74) is 1.77. The molecule has 2 atom stereocenters. The highest BCUT2D eigenvalue weighted by Gasteiger charge is 2.35. The fourth-order valence-electron chi connectivity index (χ4n) is 4.21. The number of furan rings is 1. The van der Waals surface area contributed by atoms with E-state index in [1.807, 2.05) is 32.0 Å². The Morgan fingerprint density at radius 1 is 1.09 bits per heavy atom. The van der Waals surface area contributed by atoms with Gasteiger partial charge < -0.3 is 8.82 Å². The Morgan fingerprint density at radius 2 is 1.85 bits per heavy atom. The molecule has 4 rings (SSSR count). The number of hydrogen-bond donors (Lipinski definition) is 0. The molecular weight excluding hydrogens is 441 g/mol. The molecule has 0 fully saturated rings. The summed E-state index contributed by atoms with van der Waals surface area (Å²) in [5.74, 6) is 0.0720. The van der Waals surface area contributed by atoms with E-state index in [2.05, 4.69) is 17.1 Å². The number of ketones is 1. The molecule has 34 heavy (non-hydrogen) atoms. The Bertz CT molecular complexity index is 1240. The summed E-state index contributed by atoms with van der Waals surface area (Å²) in [6.07, 6.45) is 3.94. The van der Waals surface area contributed by atoms with Crippen molar-refractivity contribution < 1.29 is 22.4 Å². The first-order valence-electron chi connectivity index (χ1n) is 11.4. The van der Waals surface area contributed by atoms with Crippen molar-refractivity contribution in [3.63, 3.8) is 0 Å². The predicted molar refractivity (Wildman–Crippen MR) is 124 cm³/mol. The molecule has 178 valence electrons. The zero-order valence-electron chi connectivity index (χ0n) is 19.2. The van der Waals surface area contributed by atoms with Crippen LogP contribution in [-0.4, -0.2) is 15.2 Å². The maximum Gasteiger partial charge on any atom is 0.420 e. The molecule has 7 heteroatoms. The van der Waals surface area contributed by atoms with Gasteiger partial charge >= 0.3 is 6.18 Å². The van der Waals surface area contributed by atoms with Gasteiger partial charge in [-0.3, -0.25) is 4.79 Å². The maximum absolute atomic E-state index is 13.7. The van der Waals surface area contributed by atoms with E-state index in [1.165, 1.54) is 22.5 Å². The summed E-state index contributed by atoms with van der Waals surface area (Å²) in [5, 5.41) is 0. The minimum Gasteiger partial charge on any atom is -0.472 e. The Hall–Kier alpha value is -3.35. The van der Waals surface area contributed by atoms with Gasteiger partial charge in [-0.1, -0.05) is 44.2 Å². The van der Waals surface area contributed by atoms with Gasteiger partial charge in [0, 0.05) is 35.9 Å². The highest BCUT2D eigenvalue weighted by atomic mass is 19.4. The Morgan fingerprint density at radius 3 is 2.53 bits per heavy atom. The quantitative estimate of drug-likeness (QED) is 0.265. The number of rotatable bonds is 9. The first kappa shape index (κ1) is 23.8. The molecule has 4 nitrogen and oxygen atoms in total. The van der Waals surface area contributed by atoms with Crippen LogP contribution in [0.4, 0.5) is 13.2 Å². The summed E-state index contributed by atoms with van der Waals surface area (Å²) in [4.78, 5) is 17.0. The number of carbonyl (C=O) groups excluding carboxylic acids is 1. The number of imidazole rings is 1. The monoisotopic (exact) mass is 468 g/mol. The highest BCUT2D eigenvalue weighted by Crippen LogP contribution is 2.35. The topological polar surface area (TPSA) is 47.5 Å². The summed E-state index contributed by atoms with van der Waals surface area (Å²) < 4.78 is 47.7. The zero-order chi connectivity index (χ0) is 24.3. The number of Topliss-reactive ketones (excluding diaryl/α,β-unsaturated/α-hetero) is 1. The zero-order valence-corrected chi connectivity index (χ0v) is 19.2. The van der Waals surface area contributed by atoms with E-state index in [0.717, 1.165) is 18.9 Å². The second kappa shape index (κ2) is 9.87. The van der Waals surface area contributed by atoms with Gasteiger partial charge in [-0.2, -0.15) is 13.2 Å². The lowest BCUT2D eigenvalue weighted by molar-refractivity contribution is -0.136. The van der Waals surface area contributed by atoms with Crippen molar-refractivity contribution in [2.75, 3.05) is 0 Å². The Balaban J connectivity index is 1.45. The number of alkyl halides is 3. The molecule has 0 radical (unpaired) electrons. The molecular formula is C27H27F3N2O2. The average molecular weight is 469 g/mol. The summed E-state index contributed by atoms with van der Waals surface area (Å²) in [6, 6.07) is 12.8. The van der Waals surface area contributed by atoms with E-state index in [0.29, 0.717) is 29.7 Å². The normalized spacial score (nSPS) is 13.8. The Labute approximate surface area is 196 Å². The van der Waals surface area contributed by atoms with Crippen LogP contribution in [0.1, 0.15) is 43.5 Å². The first-order valence-corrected chi connectivity index (χ1v) is 11.4. The van der Waals surface area contributed by atoms with Crippen molar-refractivity contribution in [3.05, 3.63) is 84.2 Å². The number of aryl methyl sites for hydroxylation is 1. The third kappa shape index (κ3) is 5.58. The second-order valence-electron chi connectivity index (χ2n) is 9.02. The van der Waals surface area contributed by atoms with E-state index in [4.69, 9.17) is 4.42 Å². The van der Waals surface area contributed by atoms with E-state index in [9.17, 15) is 18.0 Å². The van der Waals surface area contributed by atoms with Crippen molar-refractivity contribution in [3.8, 4) is 11.1 Å². The van der Waals surface area contributed by atoms with Crippen LogP contribution in [0.5, 0.6) is 0 Å². The van der Waals surface area contributed by atoms with Crippen LogP contribution >= 0.6 is 0 Å². The summed E-state index contributed by atoms with van der Waals surface area (Å²) in [7, 11) is 0. The molecule has 0 aliphatic rings. The molecule has 1 aromatic carbocycles. The molecule has 0 amide bonds. The number of hydrogen-bond acceptors (Lipinski definition) is 3. The van der Waals surface area contributed by atoms with Crippen LogP contribution in [0.2, 0.25) is 0 Å². The van der Waals surface area contributed by atoms with E-state index in [1.54, 1.807) is 18.5 Å². The number of nitrogens with zero attached hydrogens (tertiary/aromatic N) is 2. The molecule has 0 saturated carbocycles. The van der Waals surface area contributed by atoms with E-state index < -0.39 is 11.7 Å². The molecule has 0 bridgehead atoms. The fraction of sp³-hybridized carbons (Fsp3) is 0.333. The number of carbonyl (C=O) groups is 1. The SMILES string of the molecule is CC(CC(=O)C(C)CCc1ccccc1)Cc1cn2cc(-c3ccoc3)cc(C(F)(F)F)c2n1. The average Bonchev–Trinajstić information content (AvgIpc) is 3.46. The molecule has 0 aliphatic carbocycles. The molecule has 4 aromatic rings. The largest absolute Gasteiger partial charge is 0.472 e. The maximum atomic E-state index is 13.7. The second-order valence-corrected chi connectivity index (χ2v) is 9.02. The number of aromatic nitrogens is 2. The highest BCUT2D eigenvalue weighted by molar-refractivity contribution is 5.80. The van der Waals surface area contributed by atoms with Gasteiger partial charge in [0.1, 0.15) is 11.4 Å². The smallest absolute Gasteiger partial charge is 0.420 e. The Kier molecular flexibility index (Phi) is 6.91. The van der Waals surface area contributed by atoms with Gasteiger partial charge in [-0.25, -0.2) is 4.98 Å². The molecule has 0 saturated heterocycles. The summed E-state index contributed by atoms with van der Waals surface area (Å²) >= 11 is 0. The van der Waals surface area contributed by atoms with Gasteiger partial charge in [0.25, 0.3) is 0 Å². The van der Waals surface area contributed by atoms with Crippen LogP contribution < -0.4 is 0 Å². The third-order valence-electron chi connectivity index (χ3n) is 6.13. The first-order chi connectivity index (χ1) is 16.2. The van der Waals surface area contributed by atoms with E-state index in [-0.39, 0.29) is 23.3 Å². The molecule has 0 N–H and O–H groups in total. The van der Waals surface area contributed by atoms with Gasteiger partial charge in [-0.05, 0) is 42.9 Å². The van der Waals surface area contributed by atoms with Crippen molar-refractivity contribution in [1.82, 2.24) is 9.38 Å². The van der Waals surface area contributed by atoms with Crippen molar-refractivity contribution >= 4 is 11.4 Å². The summed E-state index contributed by atoms with van der Waals surface area (Å²) in [6.45, 7) is 3.88. The standard InChI is InChI=1S/C27H27F3N2O2/c1-18(13-25(33)19(2)8-9-20-6-4-3-5-7-20)12-23-16-32-15-22(21-10-11-34-17-21)14-24(26(32)31-23)27(28,29)30/h3-7,10-11,14-19H,8-9,12-13H2,1-2H3.